The molecule has 0 amide bonds. The van der Waals surface area contributed by atoms with Crippen molar-refractivity contribution in [2.24, 2.45) is 17.8 Å². The zero-order chi connectivity index (χ0) is 33.2. The van der Waals surface area contributed by atoms with E-state index in [4.69, 9.17) is 20.3 Å². The van der Waals surface area contributed by atoms with Gasteiger partial charge in [0.25, 0.3) is 0 Å². The van der Waals surface area contributed by atoms with Crippen LogP contribution in [-0.4, -0.2) is 10.5 Å². The van der Waals surface area contributed by atoms with Crippen LogP contribution in [0.25, 0.3) is 33.3 Å². The average Bonchev–Trinajstić information content (AvgIpc) is 3.54. The fraction of sp³-hybridized carbons (Fsp3) is 0.667. The third kappa shape index (κ3) is 7.60. The van der Waals surface area contributed by atoms with Crippen LogP contribution in [0.4, 0.5) is 0 Å². The van der Waals surface area contributed by atoms with Gasteiger partial charge in [0.05, 0.1) is 10.6 Å². The number of aromatic nitrogens is 3. The summed E-state index contributed by atoms with van der Waals surface area (Å²) in [7, 11) is 0. The third-order valence-corrected chi connectivity index (χ3v) is 10.2. The average molecular weight is 668 g/mol. The molecule has 0 atom stereocenters. The van der Waals surface area contributed by atoms with Gasteiger partial charge in [0, 0.05) is 11.4 Å². The summed E-state index contributed by atoms with van der Waals surface area (Å²) in [4.78, 5) is 15.3. The van der Waals surface area contributed by atoms with Crippen molar-refractivity contribution in [3.8, 4) is 22.8 Å². The molecular formula is C39H56CoN6. The fourth-order valence-electron chi connectivity index (χ4n) is 8.12. The van der Waals surface area contributed by atoms with Gasteiger partial charge in [0.15, 0.2) is 0 Å². The monoisotopic (exact) mass is 667 g/mol. The molecule has 4 aliphatic carbocycles. The first-order valence-electron chi connectivity index (χ1n) is 17.1. The number of hydrogen-bond acceptors (Lipinski definition) is 2. The third-order valence-electron chi connectivity index (χ3n) is 10.2. The van der Waals surface area contributed by atoms with Gasteiger partial charge in [-0.3, -0.25) is 4.98 Å². The fourth-order valence-corrected chi connectivity index (χ4v) is 8.12. The first-order chi connectivity index (χ1) is 20.7. The smallest absolute Gasteiger partial charge is 0.659 e. The predicted octanol–water partition coefficient (Wildman–Crippen LogP) is 10.6. The first-order valence-corrected chi connectivity index (χ1v) is 17.1. The molecular weight excluding hydrogens is 611 g/mol. The zero-order valence-electron chi connectivity index (χ0n) is 30.4. The molecule has 6 nitrogen and oxygen atoms in total. The number of diazo groups is 1. The Kier molecular flexibility index (Phi) is 9.83. The second kappa shape index (κ2) is 12.5. The van der Waals surface area contributed by atoms with Crippen LogP contribution in [0, 0.1) is 23.1 Å². The molecule has 46 heavy (non-hydrogen) atoms. The van der Waals surface area contributed by atoms with Crippen LogP contribution in [0.5, 0.6) is 0 Å². The first kappa shape index (κ1) is 36.3. The maximum Gasteiger partial charge on any atom is 2.00 e. The summed E-state index contributed by atoms with van der Waals surface area (Å²) >= 11 is 0. The molecule has 0 aliphatic heterocycles. The summed E-state index contributed by atoms with van der Waals surface area (Å²) in [5.74, 6) is 2.66. The van der Waals surface area contributed by atoms with Crippen molar-refractivity contribution >= 4 is 0 Å². The molecule has 4 aliphatic rings. The van der Waals surface area contributed by atoms with Crippen molar-refractivity contribution in [2.45, 2.75) is 149 Å². The summed E-state index contributed by atoms with van der Waals surface area (Å²) in [5, 5.41) is 11.6. The Labute approximate surface area is 288 Å². The van der Waals surface area contributed by atoms with E-state index in [1.54, 1.807) is 0 Å². The molecule has 251 valence electrons. The number of nitrogens with zero attached hydrogens (tertiary/aromatic N) is 6. The SMILES string of the molecule is CC(C)(C)c1cc(C(C)(C)C)c(-c2cccc(-c3[n-]c(C(C)(C)C)cc3C(C)(C)C)n2)[n-]1.N#[N+][N-]C12CC3CC(CC(C3)C1)C2.[Co+2]. The minimum atomic E-state index is -0.0158. The second-order valence-corrected chi connectivity index (χ2v) is 18.5. The molecule has 0 spiro atoms. The summed E-state index contributed by atoms with van der Waals surface area (Å²) in [6.45, 7) is 26.8. The molecule has 7 rings (SSSR count). The second-order valence-electron chi connectivity index (χ2n) is 18.5. The van der Waals surface area contributed by atoms with Crippen LogP contribution in [0.15, 0.2) is 30.3 Å². The van der Waals surface area contributed by atoms with Crippen molar-refractivity contribution in [3.63, 3.8) is 0 Å². The molecule has 4 saturated carbocycles. The van der Waals surface area contributed by atoms with Crippen LogP contribution >= 0.6 is 0 Å². The van der Waals surface area contributed by atoms with E-state index in [0.717, 1.165) is 51.9 Å². The van der Waals surface area contributed by atoms with E-state index in [0.29, 0.717) is 0 Å². The van der Waals surface area contributed by atoms with Gasteiger partial charge in [-0.2, -0.15) is 11.4 Å². The Hall–Kier alpha value is -2.56. The van der Waals surface area contributed by atoms with E-state index < -0.39 is 0 Å². The van der Waals surface area contributed by atoms with Crippen LogP contribution < -0.4 is 9.97 Å². The number of hydrogen-bond donors (Lipinski definition) is 0. The quantitative estimate of drug-likeness (QED) is 0.206. The minimum absolute atomic E-state index is 0. The van der Waals surface area contributed by atoms with Crippen LogP contribution in [0.2, 0.25) is 0 Å². The Morgan fingerprint density at radius 2 is 1.04 bits per heavy atom. The molecule has 0 saturated heterocycles. The molecule has 0 unspecified atom stereocenters. The Morgan fingerprint density at radius 1 is 0.674 bits per heavy atom. The molecule has 0 N–H and O–H groups in total. The maximum absolute atomic E-state index is 8.58. The van der Waals surface area contributed by atoms with Gasteiger partial charge in [-0.25, -0.2) is 0 Å². The van der Waals surface area contributed by atoms with E-state index in [1.807, 2.05) is 0 Å². The van der Waals surface area contributed by atoms with Gasteiger partial charge in [-0.05, 0) is 90.1 Å². The Balaban J connectivity index is 0.000000283. The van der Waals surface area contributed by atoms with E-state index in [-0.39, 0.29) is 44.0 Å². The van der Waals surface area contributed by atoms with Crippen molar-refractivity contribution in [3.05, 3.63) is 63.4 Å². The van der Waals surface area contributed by atoms with Crippen LogP contribution in [-0.2, 0) is 38.4 Å². The molecule has 4 bridgehead atoms. The molecule has 7 heteroatoms. The van der Waals surface area contributed by atoms with Gasteiger partial charge < -0.3 is 9.97 Å². The summed E-state index contributed by atoms with van der Waals surface area (Å²) < 4.78 is 0. The van der Waals surface area contributed by atoms with Gasteiger partial charge in [-0.1, -0.05) is 118 Å². The summed E-state index contributed by atoms with van der Waals surface area (Å²) in [5.41, 5.74) is 12.6. The largest absolute Gasteiger partial charge is 2.00 e. The topological polar surface area (TPSA) is 83.3 Å². The van der Waals surface area contributed by atoms with Crippen LogP contribution in [0.3, 0.4) is 0 Å². The van der Waals surface area contributed by atoms with Gasteiger partial charge in [0.1, 0.15) is 0 Å². The number of rotatable bonds is 3. The van der Waals surface area contributed by atoms with Gasteiger partial charge in [0.2, 0.25) is 0 Å². The molecule has 1 radical (unpaired) electrons. The predicted molar refractivity (Wildman–Crippen MR) is 186 cm³/mol. The van der Waals surface area contributed by atoms with E-state index in [9.17, 15) is 0 Å². The molecule has 4 fully saturated rings. The Bertz CT molecular complexity index is 1440. The number of pyridine rings is 1. The Morgan fingerprint density at radius 3 is 1.35 bits per heavy atom. The van der Waals surface area contributed by atoms with E-state index in [1.165, 1.54) is 49.7 Å². The van der Waals surface area contributed by atoms with Crippen molar-refractivity contribution in [1.82, 2.24) is 15.0 Å². The zero-order valence-corrected chi connectivity index (χ0v) is 31.4. The van der Waals surface area contributed by atoms with Crippen LogP contribution in [0.1, 0.15) is 144 Å². The minimum Gasteiger partial charge on any atom is -0.659 e. The van der Waals surface area contributed by atoms with Crippen molar-refractivity contribution in [2.75, 3.05) is 0 Å². The van der Waals surface area contributed by atoms with E-state index >= 15 is 0 Å². The van der Waals surface area contributed by atoms with Gasteiger partial charge >= 0.3 is 16.8 Å². The normalized spacial score (nSPS) is 24.1. The molecule has 0 aromatic carbocycles. The van der Waals surface area contributed by atoms with Crippen molar-refractivity contribution < 1.29 is 16.8 Å². The summed E-state index contributed by atoms with van der Waals surface area (Å²) in [6.07, 6.45) is 7.80. The van der Waals surface area contributed by atoms with E-state index in [2.05, 4.69) is 124 Å². The summed E-state index contributed by atoms with van der Waals surface area (Å²) in [6, 6.07) is 10.8. The molecule has 3 heterocycles. The van der Waals surface area contributed by atoms with Gasteiger partial charge in [-0.15, -0.1) is 16.8 Å². The van der Waals surface area contributed by atoms with Crippen molar-refractivity contribution in [1.29, 1.82) is 5.39 Å². The maximum atomic E-state index is 8.58. The molecule has 3 aromatic heterocycles. The number of azide groups is 1. The standard InChI is InChI=1S/C29H41N3.C10H15N3.Co/c1-26(2,3)18-16-22(28(7,8)9)31-24(18)20-14-13-15-21(30-20)25-19(27(4,5)6)17-23(32-25)29(10,11)12;11-13-12-10-4-7-1-8(5-10)3-9(2-7)6-10;/h13-17H,1-12H3;7-9H,1-6H2;/q-2;;+2. The molecule has 3 aromatic rings.